The van der Waals surface area contributed by atoms with E-state index in [4.69, 9.17) is 16.3 Å². The monoisotopic (exact) mass is 337 g/mol. The topological polar surface area (TPSA) is 79.5 Å². The highest BCUT2D eigenvalue weighted by Gasteiger charge is 2.30. The van der Waals surface area contributed by atoms with Crippen molar-refractivity contribution in [3.63, 3.8) is 0 Å². The second-order valence-electron chi connectivity index (χ2n) is 5.16. The highest BCUT2D eigenvalue weighted by Crippen LogP contribution is 2.29. The molecule has 1 aromatic rings. The smallest absolute Gasteiger partial charge is 0.315 e. The number of hydrogen-bond donors (Lipinski definition) is 3. The van der Waals surface area contributed by atoms with Crippen LogP contribution in [0.25, 0.3) is 0 Å². The third kappa shape index (κ3) is 5.26. The Labute approximate surface area is 140 Å². The van der Waals surface area contributed by atoms with Gasteiger partial charge >= 0.3 is 6.03 Å². The largest absolute Gasteiger partial charge is 0.371 e. The van der Waals surface area contributed by atoms with E-state index < -0.39 is 6.03 Å². The average molecular weight is 338 g/mol. The number of benzene rings is 1. The Balaban J connectivity index is 1.83. The summed E-state index contributed by atoms with van der Waals surface area (Å²) in [5, 5.41) is 8.61. The quantitative estimate of drug-likeness (QED) is 0.692. The number of amides is 3. The molecule has 1 saturated heterocycles. The number of halogens is 1. The maximum Gasteiger partial charge on any atom is 0.315 e. The number of carbonyl (C=O) groups is 2. The summed E-state index contributed by atoms with van der Waals surface area (Å²) < 4.78 is 5.70. The van der Waals surface area contributed by atoms with Gasteiger partial charge < -0.3 is 20.7 Å². The summed E-state index contributed by atoms with van der Waals surface area (Å²) in [5.74, 6) is -0.267. The lowest BCUT2D eigenvalue weighted by atomic mass is 10.0. The molecule has 0 spiro atoms. The molecule has 0 aromatic heterocycles. The summed E-state index contributed by atoms with van der Waals surface area (Å²) in [7, 11) is 0. The number of nitrogens with one attached hydrogen (secondary N) is 3. The lowest BCUT2D eigenvalue weighted by Crippen LogP contribution is -2.46. The van der Waals surface area contributed by atoms with Gasteiger partial charge in [-0.3, -0.25) is 4.79 Å². The van der Waals surface area contributed by atoms with Gasteiger partial charge in [0.15, 0.2) is 0 Å². The van der Waals surface area contributed by atoms with Crippen molar-refractivity contribution in [1.29, 1.82) is 0 Å². The number of rotatable bonds is 6. The maximum atomic E-state index is 11.9. The highest BCUT2D eigenvalue weighted by molar-refractivity contribution is 6.30. The van der Waals surface area contributed by atoms with Gasteiger partial charge in [-0.1, -0.05) is 29.8 Å². The van der Waals surface area contributed by atoms with Crippen LogP contribution >= 0.6 is 11.6 Å². The average Bonchev–Trinajstić information content (AvgIpc) is 2.99. The first-order valence-corrected chi connectivity index (χ1v) is 7.77. The van der Waals surface area contributed by atoms with Gasteiger partial charge in [-0.25, -0.2) is 4.79 Å². The minimum absolute atomic E-state index is 0.0845. The zero-order valence-electron chi connectivity index (χ0n) is 12.7. The van der Waals surface area contributed by atoms with E-state index in [9.17, 15) is 9.59 Å². The van der Waals surface area contributed by atoms with Gasteiger partial charge in [0.1, 0.15) is 6.10 Å². The molecular weight excluding hydrogens is 318 g/mol. The first-order chi connectivity index (χ1) is 11.1. The van der Waals surface area contributed by atoms with Crippen LogP contribution in [-0.4, -0.2) is 37.7 Å². The fourth-order valence-corrected chi connectivity index (χ4v) is 2.47. The first kappa shape index (κ1) is 17.3. The molecule has 1 fully saturated rings. The van der Waals surface area contributed by atoms with Crippen molar-refractivity contribution in [3.8, 4) is 0 Å². The molecule has 1 aliphatic rings. The van der Waals surface area contributed by atoms with Gasteiger partial charge in [0, 0.05) is 18.2 Å². The normalized spacial score (nSPS) is 19.9. The van der Waals surface area contributed by atoms with Crippen molar-refractivity contribution in [2.24, 2.45) is 0 Å². The molecule has 3 amide bonds. The Morgan fingerprint density at radius 1 is 1.30 bits per heavy atom. The number of ether oxygens (including phenoxy) is 1. The van der Waals surface area contributed by atoms with Crippen LogP contribution in [-0.2, 0) is 9.53 Å². The summed E-state index contributed by atoms with van der Waals surface area (Å²) in [6.45, 7) is 4.36. The van der Waals surface area contributed by atoms with Crippen molar-refractivity contribution in [2.45, 2.75) is 18.6 Å². The van der Waals surface area contributed by atoms with Gasteiger partial charge in [-0.05, 0) is 24.1 Å². The molecule has 1 aromatic carbocycles. The molecule has 2 unspecified atom stereocenters. The van der Waals surface area contributed by atoms with Gasteiger partial charge in [-0.15, -0.1) is 6.58 Å². The Kier molecular flexibility index (Phi) is 6.43. The number of carbonyl (C=O) groups excluding carboxylic acids is 2. The van der Waals surface area contributed by atoms with E-state index in [0.29, 0.717) is 24.6 Å². The number of urea groups is 1. The minimum Gasteiger partial charge on any atom is -0.371 e. The van der Waals surface area contributed by atoms with Crippen molar-refractivity contribution < 1.29 is 14.3 Å². The van der Waals surface area contributed by atoms with E-state index in [1.165, 1.54) is 0 Å². The Morgan fingerprint density at radius 3 is 2.74 bits per heavy atom. The van der Waals surface area contributed by atoms with Crippen LogP contribution in [0, 0.1) is 0 Å². The van der Waals surface area contributed by atoms with Crippen LogP contribution in [0.1, 0.15) is 18.1 Å². The molecule has 6 nitrogen and oxygen atoms in total. The molecule has 7 heteroatoms. The third-order valence-corrected chi connectivity index (χ3v) is 3.71. The summed E-state index contributed by atoms with van der Waals surface area (Å²) in [6, 6.07) is 6.81. The van der Waals surface area contributed by atoms with Crippen LogP contribution in [0.15, 0.2) is 36.9 Å². The minimum atomic E-state index is -0.395. The van der Waals surface area contributed by atoms with Gasteiger partial charge in [-0.2, -0.15) is 0 Å². The lowest BCUT2D eigenvalue weighted by Gasteiger charge is -2.20. The molecule has 1 heterocycles. The molecule has 0 radical (unpaired) electrons. The predicted molar refractivity (Wildman–Crippen MR) is 88.3 cm³/mol. The van der Waals surface area contributed by atoms with E-state index in [-0.39, 0.29) is 24.6 Å². The van der Waals surface area contributed by atoms with Crippen molar-refractivity contribution in [2.75, 3.05) is 19.7 Å². The molecular formula is C16H20ClN3O3. The second-order valence-corrected chi connectivity index (χ2v) is 5.59. The van der Waals surface area contributed by atoms with Gasteiger partial charge in [0.25, 0.3) is 0 Å². The standard InChI is InChI=1S/C16H20ClN3O3/c1-2-8-18-14(21)10-19-16(22)20-13-7-9-23-15(13)11-3-5-12(17)6-4-11/h2-6,13,15H,1,7-10H2,(H,18,21)(H2,19,20,22). The highest BCUT2D eigenvalue weighted by atomic mass is 35.5. The van der Waals surface area contributed by atoms with E-state index in [2.05, 4.69) is 22.5 Å². The second kappa shape index (κ2) is 8.55. The van der Waals surface area contributed by atoms with E-state index in [1.54, 1.807) is 18.2 Å². The fourth-order valence-electron chi connectivity index (χ4n) is 2.35. The molecule has 2 rings (SSSR count). The van der Waals surface area contributed by atoms with Crippen LogP contribution in [0.2, 0.25) is 5.02 Å². The Bertz CT molecular complexity index is 562. The molecule has 2 atom stereocenters. The summed E-state index contributed by atoms with van der Waals surface area (Å²) in [5.41, 5.74) is 0.959. The zero-order valence-corrected chi connectivity index (χ0v) is 13.4. The maximum absolute atomic E-state index is 11.9. The molecule has 0 saturated carbocycles. The molecule has 3 N–H and O–H groups in total. The molecule has 0 bridgehead atoms. The Morgan fingerprint density at radius 2 is 2.04 bits per heavy atom. The third-order valence-electron chi connectivity index (χ3n) is 3.46. The SMILES string of the molecule is C=CCNC(=O)CNC(=O)NC1CCOC1c1ccc(Cl)cc1. The van der Waals surface area contributed by atoms with E-state index in [1.807, 2.05) is 12.1 Å². The van der Waals surface area contributed by atoms with Crippen molar-refractivity contribution in [3.05, 3.63) is 47.5 Å². The van der Waals surface area contributed by atoms with E-state index >= 15 is 0 Å². The van der Waals surface area contributed by atoms with Gasteiger partial charge in [0.2, 0.25) is 5.91 Å². The van der Waals surface area contributed by atoms with Gasteiger partial charge in [0.05, 0.1) is 12.6 Å². The number of hydrogen-bond acceptors (Lipinski definition) is 3. The molecule has 1 aliphatic heterocycles. The van der Waals surface area contributed by atoms with Crippen molar-refractivity contribution >= 4 is 23.5 Å². The summed E-state index contributed by atoms with van der Waals surface area (Å²) in [4.78, 5) is 23.3. The summed E-state index contributed by atoms with van der Waals surface area (Å²) in [6.07, 6.45) is 2.07. The van der Waals surface area contributed by atoms with Crippen LogP contribution < -0.4 is 16.0 Å². The first-order valence-electron chi connectivity index (χ1n) is 7.39. The lowest BCUT2D eigenvalue weighted by molar-refractivity contribution is -0.119. The van der Waals surface area contributed by atoms with Crippen LogP contribution in [0.3, 0.4) is 0 Å². The molecule has 124 valence electrons. The zero-order chi connectivity index (χ0) is 16.7. The summed E-state index contributed by atoms with van der Waals surface area (Å²) >= 11 is 5.88. The van der Waals surface area contributed by atoms with Crippen molar-refractivity contribution in [1.82, 2.24) is 16.0 Å². The Hall–Kier alpha value is -2.05. The molecule has 23 heavy (non-hydrogen) atoms. The van der Waals surface area contributed by atoms with Crippen LogP contribution in [0.4, 0.5) is 4.79 Å². The van der Waals surface area contributed by atoms with Crippen LogP contribution in [0.5, 0.6) is 0 Å². The molecule has 0 aliphatic carbocycles. The predicted octanol–water partition coefficient (Wildman–Crippen LogP) is 1.77. The van der Waals surface area contributed by atoms with E-state index in [0.717, 1.165) is 5.56 Å². The fraction of sp³-hybridized carbons (Fsp3) is 0.375.